The van der Waals surface area contributed by atoms with E-state index < -0.39 is 0 Å². The molecular weight excluding hydrogens is 226 g/mol. The normalized spacial score (nSPS) is 25.5. The Hall–Kier alpha value is -1.43. The van der Waals surface area contributed by atoms with E-state index in [-0.39, 0.29) is 23.7 Å². The summed E-state index contributed by atoms with van der Waals surface area (Å²) in [5, 5.41) is 0.454. The molecule has 86 valence electrons. The molecule has 1 fully saturated rings. The van der Waals surface area contributed by atoms with Gasteiger partial charge in [0.25, 0.3) is 0 Å². The Kier molecular flexibility index (Phi) is 2.67. The van der Waals surface area contributed by atoms with Gasteiger partial charge in [0, 0.05) is 22.9 Å². The average molecular weight is 239 g/mol. The summed E-state index contributed by atoms with van der Waals surface area (Å²) in [5.41, 5.74) is 5.50. The minimum atomic E-state index is -0.224. The molecule has 2 N–H and O–H groups in total. The zero-order valence-electron chi connectivity index (χ0n) is 9.14. The molecule has 0 spiro atoms. The van der Waals surface area contributed by atoms with Crippen LogP contribution < -0.4 is 5.73 Å². The van der Waals surface area contributed by atoms with Crippen molar-refractivity contribution in [1.82, 2.24) is 9.88 Å². The fourth-order valence-corrected chi connectivity index (χ4v) is 2.41. The second-order valence-electron chi connectivity index (χ2n) is 4.00. The fourth-order valence-electron chi connectivity index (χ4n) is 1.74. The summed E-state index contributed by atoms with van der Waals surface area (Å²) < 4.78 is 0. The highest BCUT2D eigenvalue weighted by atomic mass is 32.1. The van der Waals surface area contributed by atoms with E-state index in [4.69, 9.17) is 5.73 Å². The summed E-state index contributed by atoms with van der Waals surface area (Å²) in [6.45, 7) is 3.86. The Morgan fingerprint density at radius 3 is 2.38 bits per heavy atom. The molecule has 2 heterocycles. The Morgan fingerprint density at radius 2 is 1.94 bits per heavy atom. The topological polar surface area (TPSA) is 76.3 Å². The summed E-state index contributed by atoms with van der Waals surface area (Å²) in [4.78, 5) is 29.6. The fraction of sp³-hybridized carbons (Fsp3) is 0.500. The van der Waals surface area contributed by atoms with Gasteiger partial charge in [-0.2, -0.15) is 0 Å². The van der Waals surface area contributed by atoms with E-state index in [1.54, 1.807) is 20.0 Å². The zero-order valence-corrected chi connectivity index (χ0v) is 9.95. The van der Waals surface area contributed by atoms with Gasteiger partial charge in [0.1, 0.15) is 0 Å². The quantitative estimate of drug-likeness (QED) is 0.777. The summed E-state index contributed by atoms with van der Waals surface area (Å²) in [6.07, 6.45) is 1.61. The molecule has 0 saturated carbocycles. The van der Waals surface area contributed by atoms with Crippen LogP contribution in [-0.2, 0) is 16.1 Å². The van der Waals surface area contributed by atoms with E-state index >= 15 is 0 Å². The predicted octanol–water partition coefficient (Wildman–Crippen LogP) is 0.866. The number of thiazole rings is 1. The monoisotopic (exact) mass is 239 g/mol. The summed E-state index contributed by atoms with van der Waals surface area (Å²) >= 11 is 1.30. The minimum absolute atomic E-state index is 0.107. The van der Waals surface area contributed by atoms with Gasteiger partial charge >= 0.3 is 0 Å². The van der Waals surface area contributed by atoms with E-state index in [9.17, 15) is 9.59 Å². The molecule has 1 saturated heterocycles. The van der Waals surface area contributed by atoms with Crippen molar-refractivity contribution < 1.29 is 9.59 Å². The maximum atomic E-state index is 11.8. The number of anilines is 1. The number of hydrogen-bond donors (Lipinski definition) is 1. The van der Waals surface area contributed by atoms with Crippen molar-refractivity contribution in [3.05, 3.63) is 11.1 Å². The highest BCUT2D eigenvalue weighted by Crippen LogP contribution is 2.28. The van der Waals surface area contributed by atoms with E-state index in [1.807, 2.05) is 0 Å². The number of carbonyl (C=O) groups excluding carboxylic acids is 2. The van der Waals surface area contributed by atoms with Crippen molar-refractivity contribution in [3.8, 4) is 0 Å². The van der Waals surface area contributed by atoms with Crippen molar-refractivity contribution in [3.63, 3.8) is 0 Å². The van der Waals surface area contributed by atoms with Crippen LogP contribution in [0.1, 0.15) is 18.7 Å². The molecule has 1 aliphatic rings. The Morgan fingerprint density at radius 1 is 1.38 bits per heavy atom. The molecule has 1 aliphatic heterocycles. The molecule has 0 aromatic carbocycles. The van der Waals surface area contributed by atoms with Crippen molar-refractivity contribution in [1.29, 1.82) is 0 Å². The van der Waals surface area contributed by atoms with Gasteiger partial charge in [-0.1, -0.05) is 13.8 Å². The molecule has 1 aromatic heterocycles. The first-order chi connectivity index (χ1) is 7.50. The molecule has 1 aromatic rings. The minimum Gasteiger partial charge on any atom is -0.375 e. The van der Waals surface area contributed by atoms with Gasteiger partial charge in [-0.15, -0.1) is 11.3 Å². The number of nitrogens with two attached hydrogens (primary N) is 1. The van der Waals surface area contributed by atoms with Gasteiger partial charge in [-0.3, -0.25) is 14.5 Å². The van der Waals surface area contributed by atoms with Gasteiger partial charge in [-0.05, 0) is 0 Å². The molecule has 2 unspecified atom stereocenters. The molecule has 6 heteroatoms. The molecule has 5 nitrogen and oxygen atoms in total. The summed E-state index contributed by atoms with van der Waals surface area (Å²) in [6, 6.07) is 0. The third-order valence-corrected chi connectivity index (χ3v) is 3.76. The van der Waals surface area contributed by atoms with E-state index in [1.165, 1.54) is 16.2 Å². The first-order valence-electron chi connectivity index (χ1n) is 5.06. The number of nitrogen functional groups attached to an aromatic ring is 1. The zero-order chi connectivity index (χ0) is 11.9. The second-order valence-corrected chi connectivity index (χ2v) is 5.15. The highest BCUT2D eigenvalue weighted by Gasteiger charge is 2.42. The van der Waals surface area contributed by atoms with Crippen molar-refractivity contribution in [2.45, 2.75) is 20.4 Å². The third kappa shape index (κ3) is 1.69. The van der Waals surface area contributed by atoms with Crippen LogP contribution >= 0.6 is 11.3 Å². The Labute approximate surface area is 97.3 Å². The van der Waals surface area contributed by atoms with E-state index in [2.05, 4.69) is 4.98 Å². The van der Waals surface area contributed by atoms with Crippen LogP contribution in [0.2, 0.25) is 0 Å². The lowest BCUT2D eigenvalue weighted by Gasteiger charge is -2.12. The number of carbonyl (C=O) groups is 2. The SMILES string of the molecule is CC1C(=O)N(Cc2cnc(N)s2)C(=O)C1C. The lowest BCUT2D eigenvalue weighted by atomic mass is 10.00. The summed E-state index contributed by atoms with van der Waals surface area (Å²) in [5.74, 6) is -0.663. The number of rotatable bonds is 2. The van der Waals surface area contributed by atoms with Gasteiger partial charge in [-0.25, -0.2) is 4.98 Å². The molecule has 2 amide bonds. The molecule has 0 aliphatic carbocycles. The largest absolute Gasteiger partial charge is 0.375 e. The number of imide groups is 1. The smallest absolute Gasteiger partial charge is 0.233 e. The van der Waals surface area contributed by atoms with Gasteiger partial charge < -0.3 is 5.73 Å². The van der Waals surface area contributed by atoms with Crippen LogP contribution in [0, 0.1) is 11.8 Å². The van der Waals surface area contributed by atoms with Crippen molar-refractivity contribution in [2.24, 2.45) is 11.8 Å². The van der Waals surface area contributed by atoms with Crippen LogP contribution in [0.5, 0.6) is 0 Å². The average Bonchev–Trinajstić information content (AvgIpc) is 2.73. The van der Waals surface area contributed by atoms with Crippen molar-refractivity contribution >= 4 is 28.3 Å². The van der Waals surface area contributed by atoms with Gasteiger partial charge in [0.05, 0.1) is 6.54 Å². The number of aromatic nitrogens is 1. The highest BCUT2D eigenvalue weighted by molar-refractivity contribution is 7.15. The van der Waals surface area contributed by atoms with E-state index in [0.717, 1.165) is 4.88 Å². The van der Waals surface area contributed by atoms with Gasteiger partial charge in [0.2, 0.25) is 11.8 Å². The lowest BCUT2D eigenvalue weighted by Crippen LogP contribution is -2.29. The maximum Gasteiger partial charge on any atom is 0.233 e. The molecule has 2 atom stereocenters. The number of likely N-dealkylation sites (tertiary alicyclic amines) is 1. The third-order valence-electron chi connectivity index (χ3n) is 2.95. The molecule has 16 heavy (non-hydrogen) atoms. The second kappa shape index (κ2) is 3.86. The van der Waals surface area contributed by atoms with Crippen LogP contribution in [0.4, 0.5) is 5.13 Å². The van der Waals surface area contributed by atoms with Crippen LogP contribution in [0.3, 0.4) is 0 Å². The first-order valence-corrected chi connectivity index (χ1v) is 5.87. The molecule has 0 radical (unpaired) electrons. The Balaban J connectivity index is 2.16. The molecule has 2 rings (SSSR count). The number of amides is 2. The number of hydrogen-bond acceptors (Lipinski definition) is 5. The summed E-state index contributed by atoms with van der Waals surface area (Å²) in [7, 11) is 0. The predicted molar refractivity (Wildman–Crippen MR) is 60.4 cm³/mol. The first kappa shape index (κ1) is 11.1. The molecule has 0 bridgehead atoms. The molecular formula is C10H13N3O2S. The van der Waals surface area contributed by atoms with Crippen molar-refractivity contribution in [2.75, 3.05) is 5.73 Å². The van der Waals surface area contributed by atoms with E-state index in [0.29, 0.717) is 11.7 Å². The van der Waals surface area contributed by atoms with Crippen LogP contribution in [-0.4, -0.2) is 21.7 Å². The maximum absolute atomic E-state index is 11.8. The number of nitrogens with zero attached hydrogens (tertiary/aromatic N) is 2. The Bertz CT molecular complexity index is 423. The standard InChI is InChI=1S/C10H13N3O2S/c1-5-6(2)9(15)13(8(5)14)4-7-3-12-10(11)16-7/h3,5-6H,4H2,1-2H3,(H2,11,12). The van der Waals surface area contributed by atoms with Crippen LogP contribution in [0.15, 0.2) is 6.20 Å². The lowest BCUT2D eigenvalue weighted by molar-refractivity contribution is -0.140. The van der Waals surface area contributed by atoms with Gasteiger partial charge in [0.15, 0.2) is 5.13 Å². The van der Waals surface area contributed by atoms with Crippen LogP contribution in [0.25, 0.3) is 0 Å².